The van der Waals surface area contributed by atoms with Crippen molar-refractivity contribution in [2.75, 3.05) is 0 Å². The number of halogens is 1. The van der Waals surface area contributed by atoms with E-state index in [-0.39, 0.29) is 11.6 Å². The quantitative estimate of drug-likeness (QED) is 0.455. The van der Waals surface area contributed by atoms with E-state index in [1.54, 1.807) is 41.3 Å². The molecule has 0 aliphatic carbocycles. The molecule has 0 atom stereocenters. The molecule has 0 saturated heterocycles. The maximum atomic E-state index is 13.6. The van der Waals surface area contributed by atoms with Crippen molar-refractivity contribution >= 4 is 11.0 Å². The predicted molar refractivity (Wildman–Crippen MR) is 114 cm³/mol. The molecule has 0 saturated carbocycles. The predicted octanol–water partition coefficient (Wildman–Crippen LogP) is 5.21. The molecular formula is C24H17FN4O. The van der Waals surface area contributed by atoms with Gasteiger partial charge in [0.2, 0.25) is 0 Å². The Kier molecular flexibility index (Phi) is 4.25. The number of aromatic hydroxyl groups is 1. The topological polar surface area (TPSA) is 63.8 Å². The first-order chi connectivity index (χ1) is 14.6. The van der Waals surface area contributed by atoms with Crippen LogP contribution >= 0.6 is 0 Å². The van der Waals surface area contributed by atoms with Crippen LogP contribution in [-0.2, 0) is 7.05 Å². The monoisotopic (exact) mass is 396 g/mol. The van der Waals surface area contributed by atoms with Gasteiger partial charge in [-0.1, -0.05) is 12.1 Å². The first-order valence-electron chi connectivity index (χ1n) is 9.43. The Balaban J connectivity index is 1.94. The maximum absolute atomic E-state index is 13.6. The molecule has 5 nitrogen and oxygen atoms in total. The minimum Gasteiger partial charge on any atom is -0.508 e. The van der Waals surface area contributed by atoms with Crippen molar-refractivity contribution in [1.82, 2.24) is 19.7 Å². The molecule has 3 aromatic heterocycles. The number of nitrogens with zero attached hydrogens (tertiary/aromatic N) is 4. The fourth-order valence-corrected chi connectivity index (χ4v) is 3.69. The van der Waals surface area contributed by atoms with Crippen LogP contribution in [0, 0.1) is 5.82 Å². The van der Waals surface area contributed by atoms with Crippen LogP contribution < -0.4 is 0 Å². The first-order valence-corrected chi connectivity index (χ1v) is 9.43. The summed E-state index contributed by atoms with van der Waals surface area (Å²) in [5, 5.41) is 15.2. The largest absolute Gasteiger partial charge is 0.508 e. The zero-order valence-corrected chi connectivity index (χ0v) is 16.1. The van der Waals surface area contributed by atoms with Crippen LogP contribution in [0.4, 0.5) is 4.39 Å². The Morgan fingerprint density at radius 3 is 2.13 bits per heavy atom. The lowest BCUT2D eigenvalue weighted by atomic mass is 9.90. The highest BCUT2D eigenvalue weighted by Gasteiger charge is 2.21. The van der Waals surface area contributed by atoms with Crippen molar-refractivity contribution in [3.63, 3.8) is 0 Å². The second-order valence-corrected chi connectivity index (χ2v) is 7.04. The van der Waals surface area contributed by atoms with Gasteiger partial charge in [-0.05, 0) is 59.7 Å². The van der Waals surface area contributed by atoms with Crippen LogP contribution in [0.3, 0.4) is 0 Å². The van der Waals surface area contributed by atoms with Crippen molar-refractivity contribution in [1.29, 1.82) is 0 Å². The summed E-state index contributed by atoms with van der Waals surface area (Å²) in [6.07, 6.45) is 5.40. The molecule has 0 unspecified atom stereocenters. The van der Waals surface area contributed by atoms with Crippen molar-refractivity contribution in [3.8, 4) is 39.3 Å². The molecule has 0 spiro atoms. The van der Waals surface area contributed by atoms with E-state index in [0.29, 0.717) is 11.3 Å². The number of pyridine rings is 2. The molecule has 0 radical (unpaired) electrons. The Hall–Kier alpha value is -4.06. The molecule has 0 fully saturated rings. The molecule has 0 amide bonds. The van der Waals surface area contributed by atoms with Crippen LogP contribution in [0.15, 0.2) is 79.3 Å². The third-order valence-electron chi connectivity index (χ3n) is 5.03. The summed E-state index contributed by atoms with van der Waals surface area (Å²) in [5.74, 6) is -0.110. The van der Waals surface area contributed by atoms with Crippen molar-refractivity contribution in [3.05, 3.63) is 85.1 Å². The number of fused-ring (bicyclic) bond motifs is 1. The zero-order valence-electron chi connectivity index (χ0n) is 16.1. The molecule has 5 aromatic rings. The number of aromatic nitrogens is 4. The van der Waals surface area contributed by atoms with Gasteiger partial charge < -0.3 is 5.11 Å². The standard InChI is InChI=1S/C24H17FN4O/c1-29-14-20-21(15-4-8-19(30)9-5-15)22(16-10-12-26-13-11-16)23(27-24(20)28-29)17-2-6-18(25)7-3-17/h2-14,30H,1H3. The second-order valence-electron chi connectivity index (χ2n) is 7.04. The summed E-state index contributed by atoms with van der Waals surface area (Å²) in [7, 11) is 1.85. The lowest BCUT2D eigenvalue weighted by molar-refractivity contribution is 0.475. The highest BCUT2D eigenvalue weighted by atomic mass is 19.1. The van der Waals surface area contributed by atoms with E-state index >= 15 is 0 Å². The van der Waals surface area contributed by atoms with Gasteiger partial charge in [-0.2, -0.15) is 5.10 Å². The molecular weight excluding hydrogens is 379 g/mol. The minimum absolute atomic E-state index is 0.194. The summed E-state index contributed by atoms with van der Waals surface area (Å²) < 4.78 is 15.3. The van der Waals surface area contributed by atoms with E-state index in [9.17, 15) is 9.50 Å². The number of hydrogen-bond acceptors (Lipinski definition) is 4. The molecule has 146 valence electrons. The minimum atomic E-state index is -0.304. The smallest absolute Gasteiger partial charge is 0.182 e. The highest BCUT2D eigenvalue weighted by Crippen LogP contribution is 2.43. The van der Waals surface area contributed by atoms with E-state index < -0.39 is 0 Å². The number of aryl methyl sites for hydroxylation is 1. The molecule has 0 bridgehead atoms. The zero-order chi connectivity index (χ0) is 20.7. The van der Waals surface area contributed by atoms with E-state index in [4.69, 9.17) is 4.98 Å². The Morgan fingerprint density at radius 2 is 1.43 bits per heavy atom. The fraction of sp³-hybridized carbons (Fsp3) is 0.0417. The van der Waals surface area contributed by atoms with E-state index in [0.717, 1.165) is 33.2 Å². The number of benzene rings is 2. The van der Waals surface area contributed by atoms with Crippen molar-refractivity contribution < 1.29 is 9.50 Å². The highest BCUT2D eigenvalue weighted by molar-refractivity contribution is 6.05. The van der Waals surface area contributed by atoms with Crippen molar-refractivity contribution in [2.45, 2.75) is 0 Å². The van der Waals surface area contributed by atoms with Gasteiger partial charge in [-0.15, -0.1) is 0 Å². The summed E-state index contributed by atoms with van der Waals surface area (Å²) in [6.45, 7) is 0. The third-order valence-corrected chi connectivity index (χ3v) is 5.03. The molecule has 1 N–H and O–H groups in total. The Labute approximate surface area is 172 Å². The van der Waals surface area contributed by atoms with Crippen LogP contribution in [-0.4, -0.2) is 24.9 Å². The van der Waals surface area contributed by atoms with Gasteiger partial charge in [0.05, 0.1) is 5.69 Å². The van der Waals surface area contributed by atoms with Gasteiger partial charge in [0.1, 0.15) is 11.6 Å². The van der Waals surface area contributed by atoms with Crippen LogP contribution in [0.1, 0.15) is 0 Å². The van der Waals surface area contributed by atoms with Crippen LogP contribution in [0.2, 0.25) is 0 Å². The van der Waals surface area contributed by atoms with Gasteiger partial charge >= 0.3 is 0 Å². The lowest BCUT2D eigenvalue weighted by Gasteiger charge is -2.16. The molecule has 5 rings (SSSR count). The normalized spacial score (nSPS) is 11.1. The van der Waals surface area contributed by atoms with Gasteiger partial charge in [0, 0.05) is 47.7 Å². The van der Waals surface area contributed by atoms with Gasteiger partial charge in [0.15, 0.2) is 5.65 Å². The number of hydrogen-bond donors (Lipinski definition) is 1. The summed E-state index contributed by atoms with van der Waals surface area (Å²) in [5.41, 5.74) is 5.78. The summed E-state index contributed by atoms with van der Waals surface area (Å²) >= 11 is 0. The average molecular weight is 396 g/mol. The summed E-state index contributed by atoms with van der Waals surface area (Å²) in [4.78, 5) is 9.00. The van der Waals surface area contributed by atoms with Gasteiger partial charge in [0.25, 0.3) is 0 Å². The molecule has 3 heterocycles. The van der Waals surface area contributed by atoms with E-state index in [1.807, 2.05) is 37.5 Å². The molecule has 0 aliphatic rings. The third kappa shape index (κ3) is 3.08. The SMILES string of the molecule is Cn1cc2c(-c3ccc(O)cc3)c(-c3ccncc3)c(-c3ccc(F)cc3)nc2n1. The second kappa shape index (κ2) is 7.08. The van der Waals surface area contributed by atoms with Gasteiger partial charge in [-0.25, -0.2) is 9.37 Å². The fourth-order valence-electron chi connectivity index (χ4n) is 3.69. The van der Waals surface area contributed by atoms with Crippen LogP contribution in [0.25, 0.3) is 44.5 Å². The number of phenolic OH excluding ortho intramolecular Hbond substituents is 1. The molecule has 30 heavy (non-hydrogen) atoms. The molecule has 6 heteroatoms. The van der Waals surface area contributed by atoms with E-state index in [1.165, 1.54) is 12.1 Å². The van der Waals surface area contributed by atoms with Crippen LogP contribution in [0.5, 0.6) is 5.75 Å². The number of phenols is 1. The Bertz CT molecular complexity index is 1340. The molecule has 0 aliphatic heterocycles. The number of rotatable bonds is 3. The lowest BCUT2D eigenvalue weighted by Crippen LogP contribution is -1.96. The van der Waals surface area contributed by atoms with Crippen molar-refractivity contribution in [2.24, 2.45) is 7.05 Å². The molecule has 2 aromatic carbocycles. The summed E-state index contributed by atoms with van der Waals surface area (Å²) in [6, 6.07) is 17.2. The van der Waals surface area contributed by atoms with E-state index in [2.05, 4.69) is 10.1 Å². The Morgan fingerprint density at radius 1 is 0.800 bits per heavy atom. The van der Waals surface area contributed by atoms with Gasteiger partial charge in [-0.3, -0.25) is 9.67 Å². The first kappa shape index (κ1) is 18.0. The average Bonchev–Trinajstić information content (AvgIpc) is 3.14. The maximum Gasteiger partial charge on any atom is 0.182 e.